The van der Waals surface area contributed by atoms with Crippen LogP contribution in [0.3, 0.4) is 0 Å². The van der Waals surface area contributed by atoms with Crippen LogP contribution in [-0.4, -0.2) is 31.5 Å². The van der Waals surface area contributed by atoms with Crippen LogP contribution in [-0.2, 0) is 0 Å². The van der Waals surface area contributed by atoms with Gasteiger partial charge >= 0.3 is 0 Å². The van der Waals surface area contributed by atoms with Crippen LogP contribution in [0.1, 0.15) is 31.8 Å². The number of hydrogen-bond donors (Lipinski definition) is 2. The first-order chi connectivity index (χ1) is 19.0. The molecular weight excluding hydrogens is 516 g/mol. The number of carbonyl (C=O) groups is 2. The van der Waals surface area contributed by atoms with Crippen molar-refractivity contribution >= 4 is 51.9 Å². The van der Waals surface area contributed by atoms with Crippen LogP contribution in [0.4, 0.5) is 28.7 Å². The van der Waals surface area contributed by atoms with Crippen LogP contribution < -0.4 is 11.1 Å². The van der Waals surface area contributed by atoms with Gasteiger partial charge < -0.3 is 11.1 Å². The van der Waals surface area contributed by atoms with Crippen molar-refractivity contribution in [3.05, 3.63) is 113 Å². The number of nitrogens with one attached hydrogen (secondary N) is 1. The number of azo groups is 1. The van der Waals surface area contributed by atoms with Gasteiger partial charge in [0.05, 0.1) is 28.0 Å². The van der Waals surface area contributed by atoms with E-state index in [0.29, 0.717) is 5.69 Å². The molecule has 1 aliphatic rings. The summed E-state index contributed by atoms with van der Waals surface area (Å²) < 4.78 is 0. The average Bonchev–Trinajstić information content (AvgIpc) is 2.96. The third-order valence-corrected chi connectivity index (χ3v) is 6.31. The van der Waals surface area contributed by atoms with Crippen molar-refractivity contribution in [2.45, 2.75) is 0 Å². The SMILES string of the molecule is Nc1nc(-c2cnccn2)nc(Nc2ccccc2)c1N=Nc1cccc2c1C(=O)c1cccc(Cl)c1C2=O. The van der Waals surface area contributed by atoms with Crippen molar-refractivity contribution in [1.29, 1.82) is 0 Å². The van der Waals surface area contributed by atoms with E-state index in [2.05, 4.69) is 35.5 Å². The number of ketones is 2. The minimum Gasteiger partial charge on any atom is -0.382 e. The predicted molar refractivity (Wildman–Crippen MR) is 146 cm³/mol. The van der Waals surface area contributed by atoms with Crippen LogP contribution in [0.15, 0.2) is 95.5 Å². The molecule has 0 bridgehead atoms. The summed E-state index contributed by atoms with van der Waals surface area (Å²) in [6.07, 6.45) is 4.58. The zero-order valence-electron chi connectivity index (χ0n) is 20.0. The molecule has 5 aromatic rings. The predicted octanol–water partition coefficient (Wildman–Crippen LogP) is 6.10. The number of para-hydroxylation sites is 1. The number of anilines is 3. The highest BCUT2D eigenvalue weighted by Gasteiger charge is 2.33. The highest BCUT2D eigenvalue weighted by Crippen LogP contribution is 2.38. The molecule has 0 radical (unpaired) electrons. The molecule has 3 N–H and O–H groups in total. The maximum atomic E-state index is 13.4. The van der Waals surface area contributed by atoms with Crippen LogP contribution in [0, 0.1) is 0 Å². The molecule has 0 aliphatic heterocycles. The molecule has 0 saturated carbocycles. The molecule has 2 aromatic heterocycles. The standard InChI is InChI=1S/C28H17ClN8O2/c29-18-10-4-8-16-21(18)24(38)17-9-5-11-19(22(17)25(16)39)36-37-23-26(30)34-27(20-14-31-12-13-32-20)35-28(23)33-15-6-2-1-3-7-15/h1-14H,(H3,30,33,34,35). The molecule has 3 aromatic carbocycles. The molecule has 188 valence electrons. The summed E-state index contributed by atoms with van der Waals surface area (Å²) in [6, 6.07) is 18.9. The first kappa shape index (κ1) is 24.0. The van der Waals surface area contributed by atoms with Gasteiger partial charge in [0.25, 0.3) is 0 Å². The lowest BCUT2D eigenvalue weighted by molar-refractivity contribution is 0.0979. The fraction of sp³-hybridized carbons (Fsp3) is 0. The second kappa shape index (κ2) is 9.84. The van der Waals surface area contributed by atoms with E-state index < -0.39 is 0 Å². The summed E-state index contributed by atoms with van der Waals surface area (Å²) in [5.41, 5.74) is 8.52. The van der Waals surface area contributed by atoms with Crippen molar-refractivity contribution in [1.82, 2.24) is 19.9 Å². The number of benzene rings is 3. The molecule has 0 fully saturated rings. The van der Waals surface area contributed by atoms with E-state index in [1.165, 1.54) is 18.6 Å². The molecule has 2 heterocycles. The van der Waals surface area contributed by atoms with E-state index in [1.807, 2.05) is 30.3 Å². The Labute approximate surface area is 226 Å². The number of halogens is 1. The second-order valence-corrected chi connectivity index (χ2v) is 8.84. The highest BCUT2D eigenvalue weighted by molar-refractivity contribution is 6.39. The maximum Gasteiger partial charge on any atom is 0.196 e. The Morgan fingerprint density at radius 3 is 2.31 bits per heavy atom. The van der Waals surface area contributed by atoms with E-state index in [-0.39, 0.29) is 67.7 Å². The van der Waals surface area contributed by atoms with Crippen molar-refractivity contribution in [2.75, 3.05) is 11.1 Å². The van der Waals surface area contributed by atoms with Gasteiger partial charge in [0.1, 0.15) is 5.69 Å². The molecule has 10 nitrogen and oxygen atoms in total. The normalized spacial score (nSPS) is 12.3. The smallest absolute Gasteiger partial charge is 0.196 e. The first-order valence-corrected chi connectivity index (χ1v) is 12.1. The number of nitrogen functional groups attached to an aromatic ring is 1. The summed E-state index contributed by atoms with van der Waals surface area (Å²) in [5.74, 6) is -0.199. The number of hydrogen-bond acceptors (Lipinski definition) is 10. The molecule has 0 saturated heterocycles. The molecule has 11 heteroatoms. The van der Waals surface area contributed by atoms with Crippen LogP contribution in [0.2, 0.25) is 5.02 Å². The van der Waals surface area contributed by atoms with E-state index in [4.69, 9.17) is 17.3 Å². The van der Waals surface area contributed by atoms with Crippen molar-refractivity contribution in [2.24, 2.45) is 10.2 Å². The lowest BCUT2D eigenvalue weighted by Crippen LogP contribution is -2.21. The van der Waals surface area contributed by atoms with E-state index >= 15 is 0 Å². The van der Waals surface area contributed by atoms with E-state index in [1.54, 1.807) is 36.4 Å². The Kier molecular flexibility index (Phi) is 6.06. The monoisotopic (exact) mass is 532 g/mol. The van der Waals surface area contributed by atoms with Gasteiger partial charge in [-0.1, -0.05) is 54.1 Å². The molecule has 0 amide bonds. The lowest BCUT2D eigenvalue weighted by atomic mass is 9.83. The van der Waals surface area contributed by atoms with Gasteiger partial charge in [-0.15, -0.1) is 10.2 Å². The van der Waals surface area contributed by atoms with Crippen molar-refractivity contribution in [3.8, 4) is 11.5 Å². The number of rotatable bonds is 5. The van der Waals surface area contributed by atoms with E-state index in [0.717, 1.165) is 5.69 Å². The van der Waals surface area contributed by atoms with Crippen LogP contribution in [0.25, 0.3) is 11.5 Å². The van der Waals surface area contributed by atoms with Gasteiger partial charge in [-0.25, -0.2) is 15.0 Å². The summed E-state index contributed by atoms with van der Waals surface area (Å²) >= 11 is 6.25. The minimum atomic E-state index is -0.374. The summed E-state index contributed by atoms with van der Waals surface area (Å²) in [4.78, 5) is 43.9. The first-order valence-electron chi connectivity index (χ1n) is 11.7. The minimum absolute atomic E-state index is 0.0252. The third kappa shape index (κ3) is 4.38. The van der Waals surface area contributed by atoms with Crippen LogP contribution in [0.5, 0.6) is 0 Å². The third-order valence-electron chi connectivity index (χ3n) is 6.00. The lowest BCUT2D eigenvalue weighted by Gasteiger charge is -2.19. The van der Waals surface area contributed by atoms with Gasteiger partial charge in [0, 0.05) is 29.2 Å². The van der Waals surface area contributed by atoms with Gasteiger partial charge in [-0.05, 0) is 24.3 Å². The number of carbonyl (C=O) groups excluding carboxylic acids is 2. The molecule has 6 rings (SSSR count). The maximum absolute atomic E-state index is 13.4. The number of fused-ring (bicyclic) bond motifs is 2. The summed E-state index contributed by atoms with van der Waals surface area (Å²) in [5, 5.41) is 12.1. The van der Waals surface area contributed by atoms with Gasteiger partial charge in [-0.2, -0.15) is 0 Å². The molecule has 0 unspecified atom stereocenters. The number of nitrogens with zero attached hydrogens (tertiary/aromatic N) is 6. The van der Waals surface area contributed by atoms with Gasteiger partial charge in [0.2, 0.25) is 0 Å². The second-order valence-electron chi connectivity index (χ2n) is 8.43. The molecule has 1 aliphatic carbocycles. The Morgan fingerprint density at radius 2 is 1.54 bits per heavy atom. The average molecular weight is 533 g/mol. The Hall–Kier alpha value is -5.35. The topological polar surface area (TPSA) is 148 Å². The van der Waals surface area contributed by atoms with Crippen LogP contribution >= 0.6 is 11.6 Å². The summed E-state index contributed by atoms with van der Waals surface area (Å²) in [6.45, 7) is 0. The Balaban J connectivity index is 1.45. The number of aromatic nitrogens is 4. The Bertz CT molecular complexity index is 1790. The highest BCUT2D eigenvalue weighted by atomic mass is 35.5. The zero-order valence-corrected chi connectivity index (χ0v) is 20.8. The fourth-order valence-electron chi connectivity index (χ4n) is 4.21. The quantitative estimate of drug-likeness (QED) is 0.253. The summed E-state index contributed by atoms with van der Waals surface area (Å²) in [7, 11) is 0. The van der Waals surface area contributed by atoms with Crippen molar-refractivity contribution in [3.63, 3.8) is 0 Å². The van der Waals surface area contributed by atoms with Gasteiger partial charge in [0.15, 0.2) is 34.7 Å². The largest absolute Gasteiger partial charge is 0.382 e. The van der Waals surface area contributed by atoms with Crippen molar-refractivity contribution < 1.29 is 9.59 Å². The van der Waals surface area contributed by atoms with E-state index in [9.17, 15) is 9.59 Å². The zero-order chi connectivity index (χ0) is 26.9. The number of nitrogens with two attached hydrogens (primary N) is 1. The molecular formula is C28H17ClN8O2. The molecule has 0 spiro atoms. The fourth-order valence-corrected chi connectivity index (χ4v) is 4.47. The molecule has 39 heavy (non-hydrogen) atoms. The Morgan fingerprint density at radius 1 is 0.795 bits per heavy atom. The molecule has 0 atom stereocenters. The van der Waals surface area contributed by atoms with Gasteiger partial charge in [-0.3, -0.25) is 14.6 Å².